The van der Waals surface area contributed by atoms with Crippen molar-refractivity contribution in [1.82, 2.24) is 25.4 Å². The Balaban J connectivity index is 1.80. The first-order chi connectivity index (χ1) is 14.5. The quantitative estimate of drug-likeness (QED) is 0.449. The number of aliphatic carboxylic acids is 1. The van der Waals surface area contributed by atoms with Crippen LogP contribution < -0.4 is 10.3 Å². The van der Waals surface area contributed by atoms with Gasteiger partial charge in [-0.1, -0.05) is 30.3 Å². The summed E-state index contributed by atoms with van der Waals surface area (Å²) in [6.07, 6.45) is 0. The number of rotatable bonds is 6. The highest BCUT2D eigenvalue weighted by Gasteiger charge is 2.16. The molecule has 9 heteroatoms. The Morgan fingerprint density at radius 3 is 2.73 bits per heavy atom. The molecule has 1 atom stereocenters. The van der Waals surface area contributed by atoms with Gasteiger partial charge < -0.3 is 14.8 Å². The van der Waals surface area contributed by atoms with Gasteiger partial charge in [-0.3, -0.25) is 9.59 Å². The van der Waals surface area contributed by atoms with Gasteiger partial charge in [0.25, 0.3) is 5.56 Å². The molecule has 0 bridgehead atoms. The van der Waals surface area contributed by atoms with E-state index in [1.165, 1.54) is 0 Å². The molecule has 0 saturated carbocycles. The molecule has 9 nitrogen and oxygen atoms in total. The van der Waals surface area contributed by atoms with Crippen molar-refractivity contribution >= 4 is 17.1 Å². The molecule has 0 radical (unpaired) electrons. The molecule has 0 amide bonds. The van der Waals surface area contributed by atoms with Crippen LogP contribution in [0.25, 0.3) is 33.7 Å². The van der Waals surface area contributed by atoms with Gasteiger partial charge in [0.05, 0.1) is 18.1 Å². The Hall–Kier alpha value is -4.01. The van der Waals surface area contributed by atoms with Crippen molar-refractivity contribution in [3.63, 3.8) is 0 Å². The second-order valence-electron chi connectivity index (χ2n) is 6.74. The number of hydrogen-bond acceptors (Lipinski definition) is 6. The van der Waals surface area contributed by atoms with Crippen molar-refractivity contribution in [2.24, 2.45) is 0 Å². The molecule has 2 heterocycles. The van der Waals surface area contributed by atoms with Crippen molar-refractivity contribution < 1.29 is 14.6 Å². The Labute approximate surface area is 170 Å². The van der Waals surface area contributed by atoms with E-state index in [0.717, 1.165) is 11.1 Å². The second-order valence-corrected chi connectivity index (χ2v) is 6.74. The zero-order valence-electron chi connectivity index (χ0n) is 16.3. The summed E-state index contributed by atoms with van der Waals surface area (Å²) in [5, 5.41) is 19.4. The summed E-state index contributed by atoms with van der Waals surface area (Å²) in [5.41, 5.74) is 2.99. The van der Waals surface area contributed by atoms with E-state index in [0.29, 0.717) is 29.3 Å². The number of carboxylic acids is 1. The lowest BCUT2D eigenvalue weighted by Crippen LogP contribution is -2.10. The summed E-state index contributed by atoms with van der Waals surface area (Å²) in [5.74, 6) is -0.628. The minimum Gasteiger partial charge on any atom is -0.493 e. The van der Waals surface area contributed by atoms with Gasteiger partial charge in [-0.15, -0.1) is 10.2 Å². The van der Waals surface area contributed by atoms with Crippen molar-refractivity contribution in [3.8, 4) is 28.3 Å². The summed E-state index contributed by atoms with van der Waals surface area (Å²) >= 11 is 0. The maximum Gasteiger partial charge on any atom is 0.310 e. The van der Waals surface area contributed by atoms with Crippen molar-refractivity contribution in [3.05, 3.63) is 58.4 Å². The highest BCUT2D eigenvalue weighted by Crippen LogP contribution is 2.33. The van der Waals surface area contributed by atoms with Crippen LogP contribution in [0.5, 0.6) is 5.75 Å². The van der Waals surface area contributed by atoms with Crippen LogP contribution in [-0.2, 0) is 4.79 Å². The van der Waals surface area contributed by atoms with Gasteiger partial charge in [0.2, 0.25) is 5.65 Å². The third-order valence-corrected chi connectivity index (χ3v) is 4.82. The first kappa shape index (κ1) is 19.3. The summed E-state index contributed by atoms with van der Waals surface area (Å²) in [6.45, 7) is 3.93. The molecular weight excluding hydrogens is 386 g/mol. The molecule has 2 aromatic heterocycles. The van der Waals surface area contributed by atoms with Gasteiger partial charge in [0.15, 0.2) is 5.52 Å². The predicted octanol–water partition coefficient (Wildman–Crippen LogP) is 2.96. The predicted molar refractivity (Wildman–Crippen MR) is 110 cm³/mol. The number of fused-ring (bicyclic) bond motifs is 1. The molecule has 0 saturated heterocycles. The van der Waals surface area contributed by atoms with Crippen molar-refractivity contribution in [2.75, 3.05) is 6.61 Å². The number of benzene rings is 2. The second kappa shape index (κ2) is 7.78. The topological polar surface area (TPSA) is 134 Å². The first-order valence-corrected chi connectivity index (χ1v) is 9.39. The van der Waals surface area contributed by atoms with Gasteiger partial charge in [-0.05, 0) is 42.7 Å². The van der Waals surface area contributed by atoms with Crippen LogP contribution in [-0.4, -0.2) is 43.1 Å². The van der Waals surface area contributed by atoms with Gasteiger partial charge in [-0.2, -0.15) is 5.21 Å². The van der Waals surface area contributed by atoms with Crippen LogP contribution in [0.3, 0.4) is 0 Å². The molecule has 4 rings (SSSR count). The van der Waals surface area contributed by atoms with Crippen LogP contribution >= 0.6 is 0 Å². The van der Waals surface area contributed by atoms with E-state index in [-0.39, 0.29) is 11.2 Å². The molecule has 2 aromatic carbocycles. The Kier molecular flexibility index (Phi) is 5.01. The maximum absolute atomic E-state index is 12.2. The Morgan fingerprint density at radius 1 is 1.17 bits per heavy atom. The van der Waals surface area contributed by atoms with Gasteiger partial charge in [0.1, 0.15) is 11.6 Å². The summed E-state index contributed by atoms with van der Waals surface area (Å²) in [4.78, 5) is 30.6. The smallest absolute Gasteiger partial charge is 0.310 e. The zero-order chi connectivity index (χ0) is 21.3. The molecule has 0 fully saturated rings. The van der Waals surface area contributed by atoms with Crippen LogP contribution in [0, 0.1) is 0 Å². The van der Waals surface area contributed by atoms with E-state index < -0.39 is 17.4 Å². The van der Waals surface area contributed by atoms with Crippen molar-refractivity contribution in [2.45, 2.75) is 19.8 Å². The Bertz CT molecular complexity index is 1290. The number of aromatic nitrogens is 5. The summed E-state index contributed by atoms with van der Waals surface area (Å²) < 4.78 is 5.80. The molecule has 3 N–H and O–H groups in total. The number of H-pyrrole nitrogens is 2. The molecule has 30 heavy (non-hydrogen) atoms. The van der Waals surface area contributed by atoms with E-state index >= 15 is 0 Å². The first-order valence-electron chi connectivity index (χ1n) is 9.39. The number of ether oxygens (including phenoxy) is 1. The summed E-state index contributed by atoms with van der Waals surface area (Å²) in [7, 11) is 0. The van der Waals surface area contributed by atoms with Gasteiger partial charge in [-0.25, -0.2) is 4.98 Å². The number of carboxylic acid groups (broad SMARTS) is 1. The van der Waals surface area contributed by atoms with Crippen LogP contribution in [0.4, 0.5) is 0 Å². The average molecular weight is 405 g/mol. The average Bonchev–Trinajstić information content (AvgIpc) is 3.23. The molecule has 152 valence electrons. The third-order valence-electron chi connectivity index (χ3n) is 4.82. The molecule has 1 unspecified atom stereocenters. The van der Waals surface area contributed by atoms with Crippen molar-refractivity contribution in [1.29, 1.82) is 0 Å². The van der Waals surface area contributed by atoms with E-state index in [9.17, 15) is 14.7 Å². The lowest BCUT2D eigenvalue weighted by Gasteiger charge is -2.13. The Morgan fingerprint density at radius 2 is 1.97 bits per heavy atom. The normalized spacial score (nSPS) is 12.1. The molecule has 0 aliphatic rings. The number of hydrogen-bond donors (Lipinski definition) is 3. The lowest BCUT2D eigenvalue weighted by atomic mass is 9.95. The standard InChI is InChI=1S/C21H19N5O4/c1-3-30-16-10-14(13-6-4-5-12(9-13)11(2)21(28)29)7-8-15(16)18-22-19-17(20(27)23-18)24-26-25-19/h4-11H,3H2,1-2H3,(H,28,29)(H2,22,23,24,25,26,27). The molecule has 0 aliphatic heterocycles. The van der Waals surface area contributed by atoms with Gasteiger partial charge in [0, 0.05) is 0 Å². The fourth-order valence-electron chi connectivity index (χ4n) is 3.19. The zero-order valence-corrected chi connectivity index (χ0v) is 16.3. The fraction of sp³-hybridized carbons (Fsp3) is 0.190. The van der Waals surface area contributed by atoms with Crippen LogP contribution in [0.1, 0.15) is 25.3 Å². The molecule has 0 spiro atoms. The monoisotopic (exact) mass is 405 g/mol. The maximum atomic E-state index is 12.2. The SMILES string of the molecule is CCOc1cc(-c2cccc(C(C)C(=O)O)c2)ccc1-c1nc2n[nH]nc2c(=O)[nH]1. The van der Waals surface area contributed by atoms with Gasteiger partial charge >= 0.3 is 5.97 Å². The van der Waals surface area contributed by atoms with E-state index in [2.05, 4.69) is 25.4 Å². The van der Waals surface area contributed by atoms with Crippen LogP contribution in [0.15, 0.2) is 47.3 Å². The largest absolute Gasteiger partial charge is 0.493 e. The molecule has 0 aliphatic carbocycles. The highest BCUT2D eigenvalue weighted by molar-refractivity contribution is 5.79. The molecule has 4 aromatic rings. The fourth-order valence-corrected chi connectivity index (χ4v) is 3.19. The van der Waals surface area contributed by atoms with E-state index in [4.69, 9.17) is 4.74 Å². The number of carbonyl (C=O) groups is 1. The van der Waals surface area contributed by atoms with Crippen LogP contribution in [0.2, 0.25) is 0 Å². The highest BCUT2D eigenvalue weighted by atomic mass is 16.5. The third kappa shape index (κ3) is 3.52. The van der Waals surface area contributed by atoms with E-state index in [1.54, 1.807) is 19.1 Å². The number of nitrogens with zero attached hydrogens (tertiary/aromatic N) is 3. The molecular formula is C21H19N5O4. The summed E-state index contributed by atoms with van der Waals surface area (Å²) in [6, 6.07) is 12.9. The van der Waals surface area contributed by atoms with E-state index in [1.807, 2.05) is 37.3 Å². The number of nitrogens with one attached hydrogen (secondary N) is 2. The minimum absolute atomic E-state index is 0.137. The lowest BCUT2D eigenvalue weighted by molar-refractivity contribution is -0.138. The minimum atomic E-state index is -0.879. The number of aromatic amines is 2.